The summed E-state index contributed by atoms with van der Waals surface area (Å²) in [6.45, 7) is 3.49. The lowest BCUT2D eigenvalue weighted by Gasteiger charge is -2.29. The van der Waals surface area contributed by atoms with E-state index in [9.17, 15) is 20.1 Å². The van der Waals surface area contributed by atoms with E-state index in [2.05, 4.69) is 4.90 Å². The lowest BCUT2D eigenvalue weighted by molar-refractivity contribution is 0.0789. The van der Waals surface area contributed by atoms with Gasteiger partial charge in [0.2, 0.25) is 0 Å². The van der Waals surface area contributed by atoms with Gasteiger partial charge in [-0.3, -0.25) is 4.90 Å². The summed E-state index contributed by atoms with van der Waals surface area (Å²) in [7, 11) is 0. The number of phenols is 2. The highest BCUT2D eigenvalue weighted by molar-refractivity contribution is 5.87. The van der Waals surface area contributed by atoms with Crippen LogP contribution in [0.5, 0.6) is 11.5 Å². The Balaban J connectivity index is 2.07. The highest BCUT2D eigenvalue weighted by atomic mass is 16.4. The van der Waals surface area contributed by atoms with Crippen LogP contribution in [0.4, 0.5) is 0 Å². The van der Waals surface area contributed by atoms with E-state index in [4.69, 9.17) is 4.42 Å². The summed E-state index contributed by atoms with van der Waals surface area (Å²) >= 11 is 0. The standard InChI is InChI=1S/C16H19NO5/c1-9-6-14(20)22-16-11(9)7-13(19)15(21)12(16)8-17-4-2-10(18)3-5-17/h6-7,10,18-19,21H,2-5,8H2,1H3. The third-order valence-electron chi connectivity index (χ3n) is 4.23. The van der Waals surface area contributed by atoms with Gasteiger partial charge in [-0.2, -0.15) is 0 Å². The van der Waals surface area contributed by atoms with Gasteiger partial charge in [0.25, 0.3) is 0 Å². The largest absolute Gasteiger partial charge is 0.504 e. The van der Waals surface area contributed by atoms with Crippen LogP contribution in [-0.4, -0.2) is 39.4 Å². The normalized spacial score (nSPS) is 17.2. The molecule has 0 radical (unpaired) electrons. The average molecular weight is 305 g/mol. The summed E-state index contributed by atoms with van der Waals surface area (Å²) in [4.78, 5) is 13.7. The molecule has 1 aromatic carbocycles. The number of benzene rings is 1. The van der Waals surface area contributed by atoms with Gasteiger partial charge in [0, 0.05) is 31.1 Å². The second-order valence-corrected chi connectivity index (χ2v) is 5.86. The molecule has 0 saturated carbocycles. The summed E-state index contributed by atoms with van der Waals surface area (Å²) in [5.74, 6) is -0.483. The Morgan fingerprint density at radius 1 is 1.27 bits per heavy atom. The van der Waals surface area contributed by atoms with Crippen LogP contribution in [0.1, 0.15) is 24.0 Å². The van der Waals surface area contributed by atoms with E-state index in [1.54, 1.807) is 6.92 Å². The Kier molecular flexibility index (Phi) is 3.80. The monoisotopic (exact) mass is 305 g/mol. The van der Waals surface area contributed by atoms with Crippen molar-refractivity contribution in [2.75, 3.05) is 13.1 Å². The molecule has 0 unspecified atom stereocenters. The number of hydrogen-bond acceptors (Lipinski definition) is 6. The molecule has 6 nitrogen and oxygen atoms in total. The van der Waals surface area contributed by atoms with Crippen molar-refractivity contribution in [1.82, 2.24) is 4.90 Å². The van der Waals surface area contributed by atoms with E-state index in [-0.39, 0.29) is 17.6 Å². The molecule has 2 aromatic rings. The first kappa shape index (κ1) is 14.9. The summed E-state index contributed by atoms with van der Waals surface area (Å²) < 4.78 is 5.27. The molecule has 6 heteroatoms. The van der Waals surface area contributed by atoms with Crippen molar-refractivity contribution in [2.24, 2.45) is 0 Å². The first-order valence-electron chi connectivity index (χ1n) is 7.34. The number of aromatic hydroxyl groups is 2. The third-order valence-corrected chi connectivity index (χ3v) is 4.23. The Morgan fingerprint density at radius 2 is 1.95 bits per heavy atom. The fourth-order valence-electron chi connectivity index (χ4n) is 2.94. The van der Waals surface area contributed by atoms with Crippen molar-refractivity contribution in [3.8, 4) is 11.5 Å². The van der Waals surface area contributed by atoms with Crippen molar-refractivity contribution < 1.29 is 19.7 Å². The minimum Gasteiger partial charge on any atom is -0.504 e. The maximum atomic E-state index is 11.6. The first-order chi connectivity index (χ1) is 10.5. The molecule has 3 N–H and O–H groups in total. The van der Waals surface area contributed by atoms with Crippen LogP contribution >= 0.6 is 0 Å². The molecule has 22 heavy (non-hydrogen) atoms. The van der Waals surface area contributed by atoms with Gasteiger partial charge in [-0.25, -0.2) is 4.79 Å². The highest BCUT2D eigenvalue weighted by Crippen LogP contribution is 2.37. The van der Waals surface area contributed by atoms with Gasteiger partial charge >= 0.3 is 5.63 Å². The van der Waals surface area contributed by atoms with Crippen LogP contribution in [0.15, 0.2) is 21.3 Å². The zero-order valence-electron chi connectivity index (χ0n) is 12.4. The quantitative estimate of drug-likeness (QED) is 0.574. The lowest BCUT2D eigenvalue weighted by atomic mass is 10.0. The van der Waals surface area contributed by atoms with Crippen LogP contribution < -0.4 is 5.63 Å². The number of nitrogens with zero attached hydrogens (tertiary/aromatic N) is 1. The molecule has 1 aliphatic rings. The smallest absolute Gasteiger partial charge is 0.336 e. The molecule has 0 amide bonds. The minimum atomic E-state index is -0.481. The Hall–Kier alpha value is -2.05. The van der Waals surface area contributed by atoms with Gasteiger partial charge in [0.1, 0.15) is 5.58 Å². The Labute approximate surface area is 127 Å². The number of aryl methyl sites for hydroxylation is 1. The predicted octanol–water partition coefficient (Wildman–Crippen LogP) is 1.47. The highest BCUT2D eigenvalue weighted by Gasteiger charge is 2.22. The van der Waals surface area contributed by atoms with E-state index >= 15 is 0 Å². The number of likely N-dealkylation sites (tertiary alicyclic amines) is 1. The SMILES string of the molecule is Cc1cc(=O)oc2c(CN3CCC(O)CC3)c(O)c(O)cc12. The average Bonchev–Trinajstić information content (AvgIpc) is 2.47. The number of fused-ring (bicyclic) bond motifs is 1. The number of aliphatic hydroxyl groups excluding tert-OH is 1. The van der Waals surface area contributed by atoms with Crippen molar-refractivity contribution in [3.63, 3.8) is 0 Å². The molecule has 0 spiro atoms. The van der Waals surface area contributed by atoms with E-state index < -0.39 is 5.63 Å². The molecule has 0 aliphatic carbocycles. The molecule has 3 rings (SSSR count). The van der Waals surface area contributed by atoms with E-state index in [0.717, 1.165) is 0 Å². The van der Waals surface area contributed by atoms with Crippen molar-refractivity contribution >= 4 is 11.0 Å². The minimum absolute atomic E-state index is 0.225. The number of hydrogen-bond donors (Lipinski definition) is 3. The molecule has 2 heterocycles. The summed E-state index contributed by atoms with van der Waals surface area (Å²) in [6, 6.07) is 2.77. The van der Waals surface area contributed by atoms with E-state index in [1.807, 2.05) is 0 Å². The Morgan fingerprint density at radius 3 is 2.64 bits per heavy atom. The molecule has 0 atom stereocenters. The first-order valence-corrected chi connectivity index (χ1v) is 7.34. The molecule has 1 aliphatic heterocycles. The van der Waals surface area contributed by atoms with Crippen LogP contribution in [-0.2, 0) is 6.54 Å². The fourth-order valence-corrected chi connectivity index (χ4v) is 2.94. The van der Waals surface area contributed by atoms with Crippen LogP contribution in [0, 0.1) is 6.92 Å². The van der Waals surface area contributed by atoms with Crippen molar-refractivity contribution in [2.45, 2.75) is 32.4 Å². The van der Waals surface area contributed by atoms with Gasteiger partial charge in [0.15, 0.2) is 11.5 Å². The second-order valence-electron chi connectivity index (χ2n) is 5.86. The van der Waals surface area contributed by atoms with Crippen LogP contribution in [0.3, 0.4) is 0 Å². The number of phenolic OH excluding ortho intramolecular Hbond substituents is 2. The molecule has 1 fully saturated rings. The maximum Gasteiger partial charge on any atom is 0.336 e. The number of aliphatic hydroxyl groups is 1. The third kappa shape index (κ3) is 2.67. The van der Waals surface area contributed by atoms with Gasteiger partial charge in [0.05, 0.1) is 11.7 Å². The number of rotatable bonds is 2. The number of piperidine rings is 1. The molecule has 1 saturated heterocycles. The van der Waals surface area contributed by atoms with Gasteiger partial charge in [-0.15, -0.1) is 0 Å². The Bertz CT molecular complexity index is 759. The van der Waals surface area contributed by atoms with Crippen molar-refractivity contribution in [3.05, 3.63) is 33.7 Å². The molecule has 118 valence electrons. The zero-order valence-corrected chi connectivity index (χ0v) is 12.4. The van der Waals surface area contributed by atoms with Gasteiger partial charge in [-0.1, -0.05) is 0 Å². The molecular weight excluding hydrogens is 286 g/mol. The lowest BCUT2D eigenvalue weighted by Crippen LogP contribution is -2.35. The molecule has 0 bridgehead atoms. The topological polar surface area (TPSA) is 94.1 Å². The summed E-state index contributed by atoms with van der Waals surface area (Å²) in [5.41, 5.74) is 0.931. The van der Waals surface area contributed by atoms with E-state index in [0.29, 0.717) is 54.6 Å². The van der Waals surface area contributed by atoms with Crippen LogP contribution in [0.25, 0.3) is 11.0 Å². The fraction of sp³-hybridized carbons (Fsp3) is 0.438. The van der Waals surface area contributed by atoms with E-state index in [1.165, 1.54) is 12.1 Å². The zero-order chi connectivity index (χ0) is 15.9. The van der Waals surface area contributed by atoms with Gasteiger partial charge < -0.3 is 19.7 Å². The van der Waals surface area contributed by atoms with Gasteiger partial charge in [-0.05, 0) is 31.4 Å². The maximum absolute atomic E-state index is 11.6. The van der Waals surface area contributed by atoms with Crippen LogP contribution in [0.2, 0.25) is 0 Å². The molecular formula is C16H19NO5. The summed E-state index contributed by atoms with van der Waals surface area (Å²) in [5, 5.41) is 30.3. The second kappa shape index (κ2) is 5.62. The molecule has 1 aromatic heterocycles. The summed E-state index contributed by atoms with van der Waals surface area (Å²) in [6.07, 6.45) is 1.05. The predicted molar refractivity (Wildman–Crippen MR) is 81.1 cm³/mol. The van der Waals surface area contributed by atoms with Crippen molar-refractivity contribution in [1.29, 1.82) is 0 Å².